The number of ketones is 1. The van der Waals surface area contributed by atoms with Crippen molar-refractivity contribution in [3.05, 3.63) is 22.5 Å². The second kappa shape index (κ2) is 10.8. The molecule has 7 heteroatoms. The summed E-state index contributed by atoms with van der Waals surface area (Å²) in [5.41, 5.74) is 2.17. The molecule has 1 amide bonds. The molecule has 1 aliphatic rings. The van der Waals surface area contributed by atoms with E-state index >= 15 is 0 Å². The molecule has 0 bridgehead atoms. The molecule has 1 aromatic heterocycles. The van der Waals surface area contributed by atoms with E-state index in [1.807, 2.05) is 13.8 Å². The van der Waals surface area contributed by atoms with E-state index in [2.05, 4.69) is 0 Å². The number of hydrogen-bond acceptors (Lipinski definition) is 5. The van der Waals surface area contributed by atoms with Gasteiger partial charge in [0.25, 0.3) is 0 Å². The zero-order valence-electron chi connectivity index (χ0n) is 19.2. The molecule has 0 spiro atoms. The summed E-state index contributed by atoms with van der Waals surface area (Å²) in [5, 5.41) is 0. The molecular formula is C23H36N2O5. The fraction of sp³-hybridized carbons (Fsp3) is 0.696. The van der Waals surface area contributed by atoms with Crippen molar-refractivity contribution < 1.29 is 23.9 Å². The van der Waals surface area contributed by atoms with Crippen LogP contribution in [-0.2, 0) is 21.3 Å². The van der Waals surface area contributed by atoms with E-state index in [1.54, 1.807) is 30.4 Å². The third kappa shape index (κ3) is 4.94. The maximum Gasteiger partial charge on any atom is 0.354 e. The summed E-state index contributed by atoms with van der Waals surface area (Å²) >= 11 is 0. The molecule has 2 rings (SSSR count). The molecule has 0 aromatic carbocycles. The van der Waals surface area contributed by atoms with Crippen molar-refractivity contribution >= 4 is 17.7 Å². The van der Waals surface area contributed by atoms with Gasteiger partial charge in [-0.25, -0.2) is 4.79 Å². The van der Waals surface area contributed by atoms with Gasteiger partial charge in [0.15, 0.2) is 5.78 Å². The van der Waals surface area contributed by atoms with Gasteiger partial charge in [0, 0.05) is 44.0 Å². The number of rotatable bonds is 10. The van der Waals surface area contributed by atoms with Crippen molar-refractivity contribution in [1.29, 1.82) is 0 Å². The normalized spacial score (nSPS) is 15.3. The highest BCUT2D eigenvalue weighted by molar-refractivity contribution is 6.06. The van der Waals surface area contributed by atoms with E-state index in [0.29, 0.717) is 48.7 Å². The van der Waals surface area contributed by atoms with Crippen LogP contribution in [0, 0.1) is 19.8 Å². The Bertz CT molecular complexity index is 777. The Morgan fingerprint density at radius 2 is 1.83 bits per heavy atom. The van der Waals surface area contributed by atoms with Crippen LogP contribution >= 0.6 is 0 Å². The third-order valence-electron chi connectivity index (χ3n) is 6.28. The summed E-state index contributed by atoms with van der Waals surface area (Å²) in [6.07, 6.45) is 4.58. The standard InChI is InChI=1S/C23H36N2O5/c1-7-30-14-10-13-25(22(27)18-11-8-9-12-18)17(4)21(26)19-15(2)20(23(28)29-6)24(5)16(19)3/h17-18H,7-14H2,1-6H3. The number of esters is 1. The lowest BCUT2D eigenvalue weighted by Crippen LogP contribution is -2.46. The molecule has 1 aliphatic carbocycles. The molecule has 30 heavy (non-hydrogen) atoms. The SMILES string of the molecule is CCOCCCN(C(=O)C1CCCC1)C(C)C(=O)c1c(C)c(C(=O)OC)n(C)c1C. The predicted octanol–water partition coefficient (Wildman–Crippen LogP) is 3.45. The minimum atomic E-state index is -0.606. The highest BCUT2D eigenvalue weighted by Gasteiger charge is 2.35. The van der Waals surface area contributed by atoms with Gasteiger partial charge < -0.3 is 18.9 Å². The third-order valence-corrected chi connectivity index (χ3v) is 6.28. The van der Waals surface area contributed by atoms with Gasteiger partial charge in [-0.05, 0) is 52.5 Å². The number of aromatic nitrogens is 1. The molecule has 7 nitrogen and oxygen atoms in total. The monoisotopic (exact) mass is 420 g/mol. The van der Waals surface area contributed by atoms with Crippen LogP contribution in [0.2, 0.25) is 0 Å². The molecule has 1 heterocycles. The van der Waals surface area contributed by atoms with E-state index in [0.717, 1.165) is 25.7 Å². The Balaban J connectivity index is 2.32. The molecule has 0 saturated heterocycles. The Labute approximate surface area is 179 Å². The average molecular weight is 421 g/mol. The van der Waals surface area contributed by atoms with E-state index in [9.17, 15) is 14.4 Å². The molecule has 0 radical (unpaired) electrons. The van der Waals surface area contributed by atoms with Crippen LogP contribution in [0.3, 0.4) is 0 Å². The van der Waals surface area contributed by atoms with Crippen molar-refractivity contribution in [3.8, 4) is 0 Å². The van der Waals surface area contributed by atoms with Gasteiger partial charge in [-0.1, -0.05) is 12.8 Å². The molecule has 168 valence electrons. The topological polar surface area (TPSA) is 77.8 Å². The number of carbonyl (C=O) groups excluding carboxylic acids is 3. The fourth-order valence-electron chi connectivity index (χ4n) is 4.46. The number of hydrogen-bond donors (Lipinski definition) is 0. The molecule has 1 saturated carbocycles. The summed E-state index contributed by atoms with van der Waals surface area (Å²) in [4.78, 5) is 40.7. The number of carbonyl (C=O) groups is 3. The highest BCUT2D eigenvalue weighted by Crippen LogP contribution is 2.29. The maximum absolute atomic E-state index is 13.5. The predicted molar refractivity (Wildman–Crippen MR) is 115 cm³/mol. The van der Waals surface area contributed by atoms with Gasteiger partial charge in [0.2, 0.25) is 5.91 Å². The number of methoxy groups -OCH3 is 1. The molecule has 0 N–H and O–H groups in total. The van der Waals surface area contributed by atoms with E-state index in [-0.39, 0.29) is 17.6 Å². The van der Waals surface area contributed by atoms with Gasteiger partial charge >= 0.3 is 5.97 Å². The second-order valence-corrected chi connectivity index (χ2v) is 8.09. The van der Waals surface area contributed by atoms with Crippen molar-refractivity contribution in [2.75, 3.05) is 26.9 Å². The van der Waals surface area contributed by atoms with Crippen LogP contribution < -0.4 is 0 Å². The molecule has 1 unspecified atom stereocenters. The van der Waals surface area contributed by atoms with Crippen LogP contribution in [0.25, 0.3) is 0 Å². The first-order valence-corrected chi connectivity index (χ1v) is 10.9. The highest BCUT2D eigenvalue weighted by atomic mass is 16.5. The Kier molecular flexibility index (Phi) is 8.65. The summed E-state index contributed by atoms with van der Waals surface area (Å²) in [6.45, 7) is 8.98. The Hall–Kier alpha value is -2.15. The minimum Gasteiger partial charge on any atom is -0.464 e. The van der Waals surface area contributed by atoms with E-state index < -0.39 is 12.0 Å². The maximum atomic E-state index is 13.5. The first-order valence-electron chi connectivity index (χ1n) is 10.9. The summed E-state index contributed by atoms with van der Waals surface area (Å²) in [6, 6.07) is -0.606. The summed E-state index contributed by atoms with van der Waals surface area (Å²) < 4.78 is 12.0. The van der Waals surface area contributed by atoms with Crippen LogP contribution in [0.1, 0.15) is 78.1 Å². The van der Waals surface area contributed by atoms with Crippen LogP contribution in [0.15, 0.2) is 0 Å². The fourth-order valence-corrected chi connectivity index (χ4v) is 4.46. The average Bonchev–Trinajstić information content (AvgIpc) is 3.34. The van der Waals surface area contributed by atoms with Crippen molar-refractivity contribution in [2.45, 2.75) is 65.8 Å². The van der Waals surface area contributed by atoms with Gasteiger partial charge in [-0.15, -0.1) is 0 Å². The number of amides is 1. The number of nitrogens with zero attached hydrogens (tertiary/aromatic N) is 2. The molecule has 1 aromatic rings. The lowest BCUT2D eigenvalue weighted by molar-refractivity contribution is -0.136. The molecule has 1 fully saturated rings. The number of Topliss-reactive ketones (excluding diaryl/α,β-unsaturated/α-hetero) is 1. The van der Waals surface area contributed by atoms with E-state index in [1.165, 1.54) is 7.11 Å². The zero-order chi connectivity index (χ0) is 22.4. The lowest BCUT2D eigenvalue weighted by Gasteiger charge is -2.31. The second-order valence-electron chi connectivity index (χ2n) is 8.09. The van der Waals surface area contributed by atoms with Crippen molar-refractivity contribution in [1.82, 2.24) is 9.47 Å². The smallest absolute Gasteiger partial charge is 0.354 e. The van der Waals surface area contributed by atoms with Crippen molar-refractivity contribution in [3.63, 3.8) is 0 Å². The van der Waals surface area contributed by atoms with Gasteiger partial charge in [0.1, 0.15) is 5.69 Å². The van der Waals surface area contributed by atoms with Crippen LogP contribution in [-0.4, -0.2) is 60.0 Å². The van der Waals surface area contributed by atoms with Gasteiger partial charge in [-0.3, -0.25) is 9.59 Å². The molecular weight excluding hydrogens is 384 g/mol. The molecule has 1 atom stereocenters. The molecule has 0 aliphatic heterocycles. The van der Waals surface area contributed by atoms with Crippen LogP contribution in [0.5, 0.6) is 0 Å². The first kappa shape index (κ1) is 24.1. The quantitative estimate of drug-likeness (QED) is 0.329. The first-order chi connectivity index (χ1) is 14.3. The number of ether oxygens (including phenoxy) is 2. The van der Waals surface area contributed by atoms with Gasteiger partial charge in [-0.2, -0.15) is 0 Å². The summed E-state index contributed by atoms with van der Waals surface area (Å²) in [5.74, 6) is -0.556. The summed E-state index contributed by atoms with van der Waals surface area (Å²) in [7, 11) is 3.08. The Morgan fingerprint density at radius 1 is 1.20 bits per heavy atom. The Morgan fingerprint density at radius 3 is 2.40 bits per heavy atom. The van der Waals surface area contributed by atoms with Crippen molar-refractivity contribution in [2.24, 2.45) is 13.0 Å². The van der Waals surface area contributed by atoms with Gasteiger partial charge in [0.05, 0.1) is 13.2 Å². The largest absolute Gasteiger partial charge is 0.464 e. The van der Waals surface area contributed by atoms with E-state index in [4.69, 9.17) is 9.47 Å². The van der Waals surface area contributed by atoms with Crippen LogP contribution in [0.4, 0.5) is 0 Å². The minimum absolute atomic E-state index is 0.00376. The zero-order valence-corrected chi connectivity index (χ0v) is 19.2. The lowest BCUT2D eigenvalue weighted by atomic mass is 9.98.